The fourth-order valence-electron chi connectivity index (χ4n) is 3.23. The van der Waals surface area contributed by atoms with Gasteiger partial charge in [-0.05, 0) is 49.2 Å². The van der Waals surface area contributed by atoms with E-state index in [-0.39, 0.29) is 24.4 Å². The summed E-state index contributed by atoms with van der Waals surface area (Å²) >= 11 is 0. The summed E-state index contributed by atoms with van der Waals surface area (Å²) in [6.07, 6.45) is 0.275. The Morgan fingerprint density at radius 2 is 1.88 bits per heavy atom. The van der Waals surface area contributed by atoms with Crippen molar-refractivity contribution in [2.75, 3.05) is 23.9 Å². The third kappa shape index (κ3) is 4.14. The Kier molecular flexibility index (Phi) is 5.11. The van der Waals surface area contributed by atoms with Crippen molar-refractivity contribution in [2.45, 2.75) is 26.3 Å². The molecular formula is C20H23N3O3. The van der Waals surface area contributed by atoms with Crippen molar-refractivity contribution in [3.05, 3.63) is 53.6 Å². The summed E-state index contributed by atoms with van der Waals surface area (Å²) in [5, 5.41) is 5.72. The normalized spacial score (nSPS) is 16.5. The van der Waals surface area contributed by atoms with Crippen LogP contribution in [0.25, 0.3) is 0 Å². The summed E-state index contributed by atoms with van der Waals surface area (Å²) < 4.78 is 5.21. The fraction of sp³-hybridized carbons (Fsp3) is 0.300. The number of carbonyl (C=O) groups is 2. The van der Waals surface area contributed by atoms with Gasteiger partial charge < -0.3 is 20.3 Å². The van der Waals surface area contributed by atoms with Gasteiger partial charge in [-0.25, -0.2) is 4.79 Å². The van der Waals surface area contributed by atoms with Crippen LogP contribution in [0.4, 0.5) is 16.2 Å². The number of ether oxygens (including phenoxy) is 1. The Bertz CT molecular complexity index is 815. The van der Waals surface area contributed by atoms with Gasteiger partial charge in [0, 0.05) is 30.4 Å². The molecule has 1 atom stereocenters. The molecule has 2 aromatic rings. The molecule has 1 unspecified atom stereocenters. The SMILES string of the molecule is COc1cccc(N2CC(NC(=O)Nc3cc(C)cc(C)c3)CC2=O)c1. The number of carbonyl (C=O) groups excluding carboxylic acids is 2. The molecule has 1 aliphatic rings. The minimum Gasteiger partial charge on any atom is -0.497 e. The molecule has 0 bridgehead atoms. The molecule has 1 heterocycles. The van der Waals surface area contributed by atoms with Gasteiger partial charge >= 0.3 is 6.03 Å². The Morgan fingerprint density at radius 1 is 1.15 bits per heavy atom. The van der Waals surface area contributed by atoms with Crippen molar-refractivity contribution in [1.29, 1.82) is 0 Å². The largest absolute Gasteiger partial charge is 0.497 e. The Morgan fingerprint density at radius 3 is 2.58 bits per heavy atom. The summed E-state index contributed by atoms with van der Waals surface area (Å²) in [5.41, 5.74) is 3.68. The molecule has 1 saturated heterocycles. The molecule has 2 N–H and O–H groups in total. The third-order valence-corrected chi connectivity index (χ3v) is 4.30. The fourth-order valence-corrected chi connectivity index (χ4v) is 3.23. The van der Waals surface area contributed by atoms with E-state index in [0.717, 1.165) is 22.5 Å². The molecule has 0 spiro atoms. The summed E-state index contributed by atoms with van der Waals surface area (Å²) in [4.78, 5) is 26.3. The zero-order valence-electron chi connectivity index (χ0n) is 15.2. The van der Waals surface area contributed by atoms with Crippen molar-refractivity contribution in [2.24, 2.45) is 0 Å². The van der Waals surface area contributed by atoms with Crippen molar-refractivity contribution < 1.29 is 14.3 Å². The van der Waals surface area contributed by atoms with Gasteiger partial charge in [-0.3, -0.25) is 4.79 Å². The number of aryl methyl sites for hydroxylation is 2. The molecule has 0 aliphatic carbocycles. The molecule has 6 nitrogen and oxygen atoms in total. The van der Waals surface area contributed by atoms with Gasteiger partial charge in [-0.2, -0.15) is 0 Å². The van der Waals surface area contributed by atoms with Crippen molar-refractivity contribution >= 4 is 23.3 Å². The highest BCUT2D eigenvalue weighted by atomic mass is 16.5. The van der Waals surface area contributed by atoms with Crippen LogP contribution in [0.3, 0.4) is 0 Å². The molecule has 136 valence electrons. The van der Waals surface area contributed by atoms with Crippen LogP contribution in [-0.2, 0) is 4.79 Å². The number of rotatable bonds is 4. The van der Waals surface area contributed by atoms with Crippen LogP contribution in [0.2, 0.25) is 0 Å². The standard InChI is InChI=1S/C20H23N3O3/c1-13-7-14(2)9-15(8-13)21-20(25)22-16-10-19(24)23(12-16)17-5-4-6-18(11-17)26-3/h4-9,11,16H,10,12H2,1-3H3,(H2,21,22,25). The lowest BCUT2D eigenvalue weighted by Crippen LogP contribution is -2.39. The van der Waals surface area contributed by atoms with E-state index in [2.05, 4.69) is 10.6 Å². The maximum absolute atomic E-state index is 12.3. The molecule has 1 aliphatic heterocycles. The Hall–Kier alpha value is -3.02. The van der Waals surface area contributed by atoms with Gasteiger partial charge in [0.25, 0.3) is 0 Å². The molecule has 0 saturated carbocycles. The van der Waals surface area contributed by atoms with E-state index in [9.17, 15) is 9.59 Å². The number of hydrogen-bond donors (Lipinski definition) is 2. The van der Waals surface area contributed by atoms with Crippen LogP contribution >= 0.6 is 0 Å². The van der Waals surface area contributed by atoms with Crippen LogP contribution in [0.1, 0.15) is 17.5 Å². The predicted molar refractivity (Wildman–Crippen MR) is 102 cm³/mol. The molecular weight excluding hydrogens is 330 g/mol. The molecule has 26 heavy (non-hydrogen) atoms. The summed E-state index contributed by atoms with van der Waals surface area (Å²) in [6.45, 7) is 4.40. The minimum atomic E-state index is -0.305. The highest BCUT2D eigenvalue weighted by molar-refractivity contribution is 5.97. The maximum Gasteiger partial charge on any atom is 0.319 e. The van der Waals surface area contributed by atoms with E-state index in [1.54, 1.807) is 12.0 Å². The summed E-state index contributed by atoms with van der Waals surface area (Å²) in [6, 6.07) is 12.7. The number of methoxy groups -OCH3 is 1. The van der Waals surface area contributed by atoms with Crippen LogP contribution in [0.5, 0.6) is 5.75 Å². The van der Waals surface area contributed by atoms with Gasteiger partial charge in [-0.1, -0.05) is 12.1 Å². The Balaban J connectivity index is 1.62. The van der Waals surface area contributed by atoms with Gasteiger partial charge in [-0.15, -0.1) is 0 Å². The number of hydrogen-bond acceptors (Lipinski definition) is 3. The predicted octanol–water partition coefficient (Wildman–Crippen LogP) is 3.24. The molecule has 0 radical (unpaired) electrons. The number of urea groups is 1. The molecule has 0 aromatic heterocycles. The molecule has 6 heteroatoms. The lowest BCUT2D eigenvalue weighted by Gasteiger charge is -2.18. The molecule has 3 rings (SSSR count). The summed E-state index contributed by atoms with van der Waals surface area (Å²) in [5.74, 6) is 0.675. The monoisotopic (exact) mass is 353 g/mol. The number of amides is 3. The first-order valence-corrected chi connectivity index (χ1v) is 8.55. The van der Waals surface area contributed by atoms with E-state index in [4.69, 9.17) is 4.74 Å². The van der Waals surface area contributed by atoms with E-state index < -0.39 is 0 Å². The average molecular weight is 353 g/mol. The second-order valence-corrected chi connectivity index (χ2v) is 6.58. The number of nitrogens with one attached hydrogen (secondary N) is 2. The third-order valence-electron chi connectivity index (χ3n) is 4.30. The molecule has 2 aromatic carbocycles. The van der Waals surface area contributed by atoms with E-state index in [1.807, 2.05) is 56.3 Å². The van der Waals surface area contributed by atoms with Crippen LogP contribution in [-0.4, -0.2) is 31.6 Å². The van der Waals surface area contributed by atoms with E-state index in [0.29, 0.717) is 12.3 Å². The second kappa shape index (κ2) is 7.47. The maximum atomic E-state index is 12.3. The van der Waals surface area contributed by atoms with E-state index in [1.165, 1.54) is 0 Å². The van der Waals surface area contributed by atoms with Gasteiger partial charge in [0.1, 0.15) is 5.75 Å². The molecule has 1 fully saturated rings. The van der Waals surface area contributed by atoms with Gasteiger partial charge in [0.2, 0.25) is 5.91 Å². The zero-order valence-corrected chi connectivity index (χ0v) is 15.2. The highest BCUT2D eigenvalue weighted by Crippen LogP contribution is 2.25. The average Bonchev–Trinajstić information content (AvgIpc) is 2.94. The number of benzene rings is 2. The Labute approximate surface area is 153 Å². The minimum absolute atomic E-state index is 0.0186. The highest BCUT2D eigenvalue weighted by Gasteiger charge is 2.31. The van der Waals surface area contributed by atoms with Crippen molar-refractivity contribution in [3.8, 4) is 5.75 Å². The first-order chi connectivity index (χ1) is 12.4. The van der Waals surface area contributed by atoms with Crippen LogP contribution in [0.15, 0.2) is 42.5 Å². The first kappa shape index (κ1) is 17.8. The number of anilines is 2. The van der Waals surface area contributed by atoms with Gasteiger partial charge in [0.05, 0.1) is 13.2 Å². The lowest BCUT2D eigenvalue weighted by molar-refractivity contribution is -0.117. The quantitative estimate of drug-likeness (QED) is 0.886. The molecule has 3 amide bonds. The first-order valence-electron chi connectivity index (χ1n) is 8.55. The second-order valence-electron chi connectivity index (χ2n) is 6.58. The van der Waals surface area contributed by atoms with E-state index >= 15 is 0 Å². The summed E-state index contributed by atoms with van der Waals surface area (Å²) in [7, 11) is 1.59. The smallest absolute Gasteiger partial charge is 0.319 e. The van der Waals surface area contributed by atoms with Crippen LogP contribution < -0.4 is 20.3 Å². The van der Waals surface area contributed by atoms with Crippen molar-refractivity contribution in [1.82, 2.24) is 5.32 Å². The topological polar surface area (TPSA) is 70.7 Å². The van der Waals surface area contributed by atoms with Crippen molar-refractivity contribution in [3.63, 3.8) is 0 Å². The van der Waals surface area contributed by atoms with Gasteiger partial charge in [0.15, 0.2) is 0 Å². The van der Waals surface area contributed by atoms with Crippen LogP contribution in [0, 0.1) is 13.8 Å². The zero-order chi connectivity index (χ0) is 18.7. The lowest BCUT2D eigenvalue weighted by atomic mass is 10.1. The number of nitrogens with zero attached hydrogens (tertiary/aromatic N) is 1.